The number of nitrogens with two attached hydrogens (primary N) is 1. The van der Waals surface area contributed by atoms with Gasteiger partial charge in [0.15, 0.2) is 0 Å². The third-order valence-electron chi connectivity index (χ3n) is 6.59. The first-order valence-corrected chi connectivity index (χ1v) is 8.82. The molecular formula is C17H30N2. The van der Waals surface area contributed by atoms with Crippen molar-refractivity contribution in [1.29, 1.82) is 0 Å². The predicted molar refractivity (Wildman–Crippen MR) is 78.9 cm³/mol. The summed E-state index contributed by atoms with van der Waals surface area (Å²) >= 11 is 0. The average molecular weight is 262 g/mol. The zero-order valence-corrected chi connectivity index (χ0v) is 12.3. The fourth-order valence-corrected chi connectivity index (χ4v) is 6.00. The van der Waals surface area contributed by atoms with Gasteiger partial charge in [0.2, 0.25) is 0 Å². The molecule has 4 fully saturated rings. The Morgan fingerprint density at radius 2 is 1.21 bits per heavy atom. The van der Waals surface area contributed by atoms with Crippen LogP contribution >= 0.6 is 0 Å². The van der Waals surface area contributed by atoms with Crippen LogP contribution in [0.25, 0.3) is 0 Å². The van der Waals surface area contributed by atoms with E-state index in [0.29, 0.717) is 6.04 Å². The van der Waals surface area contributed by atoms with Gasteiger partial charge in [0.05, 0.1) is 0 Å². The van der Waals surface area contributed by atoms with Crippen molar-refractivity contribution >= 4 is 0 Å². The molecule has 4 bridgehead atoms. The number of hydrogen-bond acceptors (Lipinski definition) is 2. The molecule has 108 valence electrons. The van der Waals surface area contributed by atoms with Gasteiger partial charge in [0, 0.05) is 24.2 Å². The van der Waals surface area contributed by atoms with Gasteiger partial charge in [0.1, 0.15) is 0 Å². The maximum atomic E-state index is 6.28. The van der Waals surface area contributed by atoms with Crippen molar-refractivity contribution in [2.45, 2.75) is 94.8 Å². The van der Waals surface area contributed by atoms with Crippen LogP contribution in [0.15, 0.2) is 0 Å². The standard InChI is InChI=1S/C17H30N2/c18-14-10-15-5-2-6-16(11-14)19(15)17-8-12-3-1-4-13(7-12)9-17/h12-17H,1-11,18H2/t12?,13?,14-,15+,16-,17?. The van der Waals surface area contributed by atoms with Gasteiger partial charge in [-0.15, -0.1) is 0 Å². The first-order chi connectivity index (χ1) is 9.29. The highest BCUT2D eigenvalue weighted by molar-refractivity contribution is 4.99. The van der Waals surface area contributed by atoms with E-state index in [2.05, 4.69) is 4.90 Å². The molecule has 2 heterocycles. The van der Waals surface area contributed by atoms with Crippen LogP contribution in [0.5, 0.6) is 0 Å². The summed E-state index contributed by atoms with van der Waals surface area (Å²) in [4.78, 5) is 2.98. The highest BCUT2D eigenvalue weighted by Crippen LogP contribution is 2.45. The molecule has 0 aromatic rings. The molecule has 19 heavy (non-hydrogen) atoms. The second-order valence-corrected chi connectivity index (χ2v) is 7.94. The van der Waals surface area contributed by atoms with Crippen molar-refractivity contribution in [3.63, 3.8) is 0 Å². The van der Waals surface area contributed by atoms with E-state index in [1.807, 2.05) is 0 Å². The molecular weight excluding hydrogens is 232 g/mol. The van der Waals surface area contributed by atoms with Crippen LogP contribution in [0.2, 0.25) is 0 Å². The smallest absolute Gasteiger partial charge is 0.0116 e. The molecule has 0 amide bonds. The molecule has 4 aliphatic rings. The highest BCUT2D eigenvalue weighted by Gasteiger charge is 2.43. The first kappa shape index (κ1) is 12.6. The summed E-state index contributed by atoms with van der Waals surface area (Å²) in [6.45, 7) is 0. The number of piperidine rings is 2. The molecule has 0 spiro atoms. The molecule has 0 aromatic carbocycles. The molecule has 2 aliphatic carbocycles. The lowest BCUT2D eigenvalue weighted by atomic mass is 9.68. The number of rotatable bonds is 1. The molecule has 2 N–H and O–H groups in total. The Morgan fingerprint density at radius 3 is 1.84 bits per heavy atom. The summed E-state index contributed by atoms with van der Waals surface area (Å²) < 4.78 is 0. The molecule has 2 saturated heterocycles. The second kappa shape index (κ2) is 5.04. The summed E-state index contributed by atoms with van der Waals surface area (Å²) in [7, 11) is 0. The van der Waals surface area contributed by atoms with Crippen molar-refractivity contribution in [1.82, 2.24) is 4.90 Å². The largest absolute Gasteiger partial charge is 0.328 e. The third-order valence-corrected chi connectivity index (χ3v) is 6.59. The summed E-state index contributed by atoms with van der Waals surface area (Å²) in [5, 5.41) is 0. The van der Waals surface area contributed by atoms with E-state index in [1.165, 1.54) is 64.2 Å². The fourth-order valence-electron chi connectivity index (χ4n) is 6.00. The molecule has 2 heteroatoms. The van der Waals surface area contributed by atoms with E-state index in [0.717, 1.165) is 30.0 Å². The van der Waals surface area contributed by atoms with Crippen molar-refractivity contribution in [2.75, 3.05) is 0 Å². The Hall–Kier alpha value is -0.0800. The zero-order chi connectivity index (χ0) is 12.8. The molecule has 0 aromatic heterocycles. The van der Waals surface area contributed by atoms with Crippen LogP contribution in [-0.2, 0) is 0 Å². The molecule has 2 unspecified atom stereocenters. The summed E-state index contributed by atoms with van der Waals surface area (Å²) in [6.07, 6.45) is 16.0. The third kappa shape index (κ3) is 2.35. The molecule has 0 radical (unpaired) electrons. The zero-order valence-electron chi connectivity index (χ0n) is 12.3. The van der Waals surface area contributed by atoms with E-state index < -0.39 is 0 Å². The van der Waals surface area contributed by atoms with Crippen LogP contribution in [0, 0.1) is 11.8 Å². The molecule has 4 rings (SSSR count). The lowest BCUT2D eigenvalue weighted by Gasteiger charge is -2.55. The second-order valence-electron chi connectivity index (χ2n) is 7.94. The van der Waals surface area contributed by atoms with Crippen LogP contribution in [-0.4, -0.2) is 29.1 Å². The van der Waals surface area contributed by atoms with Gasteiger partial charge in [-0.25, -0.2) is 0 Å². The van der Waals surface area contributed by atoms with Gasteiger partial charge >= 0.3 is 0 Å². The minimum absolute atomic E-state index is 0.495. The van der Waals surface area contributed by atoms with Crippen molar-refractivity contribution < 1.29 is 0 Å². The van der Waals surface area contributed by atoms with Crippen molar-refractivity contribution in [3.8, 4) is 0 Å². The molecule has 2 aliphatic heterocycles. The van der Waals surface area contributed by atoms with E-state index >= 15 is 0 Å². The van der Waals surface area contributed by atoms with Gasteiger partial charge in [-0.05, 0) is 56.8 Å². The van der Waals surface area contributed by atoms with Crippen molar-refractivity contribution in [3.05, 3.63) is 0 Å². The quantitative estimate of drug-likeness (QED) is 0.785. The van der Waals surface area contributed by atoms with Crippen molar-refractivity contribution in [2.24, 2.45) is 17.6 Å². The van der Waals surface area contributed by atoms with E-state index in [1.54, 1.807) is 6.42 Å². The fraction of sp³-hybridized carbons (Fsp3) is 1.00. The van der Waals surface area contributed by atoms with E-state index in [-0.39, 0.29) is 0 Å². The van der Waals surface area contributed by atoms with Crippen LogP contribution in [0.1, 0.15) is 70.6 Å². The van der Waals surface area contributed by atoms with E-state index in [9.17, 15) is 0 Å². The average Bonchev–Trinajstić information content (AvgIpc) is 2.37. The summed E-state index contributed by atoms with van der Waals surface area (Å²) in [5.74, 6) is 2.13. The minimum atomic E-state index is 0.495. The van der Waals surface area contributed by atoms with Gasteiger partial charge in [0.25, 0.3) is 0 Å². The van der Waals surface area contributed by atoms with E-state index in [4.69, 9.17) is 5.73 Å². The number of fused-ring (bicyclic) bond motifs is 4. The Balaban J connectivity index is 1.51. The number of hydrogen-bond donors (Lipinski definition) is 1. The van der Waals surface area contributed by atoms with Crippen LogP contribution < -0.4 is 5.73 Å². The van der Waals surface area contributed by atoms with Gasteiger partial charge in [-0.2, -0.15) is 0 Å². The summed E-state index contributed by atoms with van der Waals surface area (Å²) in [5.41, 5.74) is 6.28. The minimum Gasteiger partial charge on any atom is -0.328 e. The Kier molecular flexibility index (Phi) is 3.35. The lowest BCUT2D eigenvalue weighted by molar-refractivity contribution is -0.0401. The first-order valence-electron chi connectivity index (χ1n) is 8.82. The van der Waals surface area contributed by atoms with Gasteiger partial charge in [-0.3, -0.25) is 4.90 Å². The van der Waals surface area contributed by atoms with Crippen LogP contribution in [0.4, 0.5) is 0 Å². The predicted octanol–water partition coefficient (Wildman–Crippen LogP) is 3.30. The normalized spacial score (nSPS) is 51.0. The SMILES string of the molecule is N[C@H]1C[C@H]2CCC[C@@H](C1)N2C1CC2CCCC(C2)C1. The Bertz CT molecular complexity index is 303. The topological polar surface area (TPSA) is 29.3 Å². The van der Waals surface area contributed by atoms with Crippen LogP contribution in [0.3, 0.4) is 0 Å². The van der Waals surface area contributed by atoms with Gasteiger partial charge in [-0.1, -0.05) is 25.7 Å². The maximum absolute atomic E-state index is 6.28. The maximum Gasteiger partial charge on any atom is 0.0116 e. The highest BCUT2D eigenvalue weighted by atomic mass is 15.2. The monoisotopic (exact) mass is 262 g/mol. The number of nitrogens with zero attached hydrogens (tertiary/aromatic N) is 1. The molecule has 2 nitrogen and oxygen atoms in total. The molecule has 5 atom stereocenters. The van der Waals surface area contributed by atoms with Gasteiger partial charge < -0.3 is 5.73 Å². The molecule has 2 saturated carbocycles. The Morgan fingerprint density at radius 1 is 0.632 bits per heavy atom. The lowest BCUT2D eigenvalue weighted by Crippen LogP contribution is -2.60. The Labute approximate surface area is 118 Å². The summed E-state index contributed by atoms with van der Waals surface area (Å²) in [6, 6.07) is 3.10.